The number of nitrogens with zero attached hydrogens (tertiary/aromatic N) is 1. The molecule has 1 saturated heterocycles. The van der Waals surface area contributed by atoms with Crippen LogP contribution in [0.15, 0.2) is 30.3 Å². The van der Waals surface area contributed by atoms with Crippen molar-refractivity contribution in [2.45, 2.75) is 6.92 Å². The van der Waals surface area contributed by atoms with Crippen molar-refractivity contribution in [2.75, 3.05) is 18.1 Å². The van der Waals surface area contributed by atoms with Crippen molar-refractivity contribution < 1.29 is 19.1 Å². The third-order valence-electron chi connectivity index (χ3n) is 2.78. The lowest BCUT2D eigenvalue weighted by atomic mass is 10.1. The topological polar surface area (TPSA) is 63.7 Å². The van der Waals surface area contributed by atoms with E-state index in [4.69, 9.17) is 4.74 Å². The van der Waals surface area contributed by atoms with Crippen LogP contribution in [-0.4, -0.2) is 30.8 Å². The average molecular weight is 247 g/mol. The summed E-state index contributed by atoms with van der Waals surface area (Å²) in [6.45, 7) is 1.91. The second-order valence-electron chi connectivity index (χ2n) is 3.92. The highest BCUT2D eigenvalue weighted by molar-refractivity contribution is 6.47. The molecule has 1 atom stereocenters. The van der Waals surface area contributed by atoms with Gasteiger partial charge in [0.15, 0.2) is 0 Å². The number of ketones is 1. The summed E-state index contributed by atoms with van der Waals surface area (Å²) in [5.41, 5.74) is 0.614. The van der Waals surface area contributed by atoms with E-state index in [9.17, 15) is 14.4 Å². The third-order valence-corrected chi connectivity index (χ3v) is 2.78. The minimum absolute atomic E-state index is 0.0561. The van der Waals surface area contributed by atoms with Crippen LogP contribution in [0.25, 0.3) is 0 Å². The number of hydrogen-bond acceptors (Lipinski definition) is 4. The van der Waals surface area contributed by atoms with Crippen molar-refractivity contribution >= 4 is 23.3 Å². The highest BCUT2D eigenvalue weighted by Gasteiger charge is 2.44. The van der Waals surface area contributed by atoms with Crippen LogP contribution in [0.2, 0.25) is 0 Å². The molecule has 0 saturated carbocycles. The Morgan fingerprint density at radius 3 is 2.61 bits per heavy atom. The Bertz CT molecular complexity index is 483. The van der Waals surface area contributed by atoms with Gasteiger partial charge in [-0.25, -0.2) is 0 Å². The number of benzene rings is 1. The van der Waals surface area contributed by atoms with Gasteiger partial charge in [-0.2, -0.15) is 0 Å². The first-order valence-electron chi connectivity index (χ1n) is 5.72. The van der Waals surface area contributed by atoms with Gasteiger partial charge in [-0.15, -0.1) is 0 Å². The molecule has 0 spiro atoms. The maximum Gasteiger partial charge on any atom is 0.318 e. The van der Waals surface area contributed by atoms with Gasteiger partial charge in [-0.05, 0) is 19.1 Å². The second-order valence-corrected chi connectivity index (χ2v) is 3.92. The Hall–Kier alpha value is -2.17. The van der Waals surface area contributed by atoms with Crippen molar-refractivity contribution in [3.63, 3.8) is 0 Å². The smallest absolute Gasteiger partial charge is 0.318 e. The fourth-order valence-electron chi connectivity index (χ4n) is 1.89. The van der Waals surface area contributed by atoms with Crippen LogP contribution in [0, 0.1) is 5.92 Å². The molecule has 0 radical (unpaired) electrons. The Kier molecular flexibility index (Phi) is 3.41. The van der Waals surface area contributed by atoms with Gasteiger partial charge in [-0.1, -0.05) is 18.2 Å². The zero-order valence-corrected chi connectivity index (χ0v) is 9.96. The third kappa shape index (κ3) is 2.11. The zero-order chi connectivity index (χ0) is 13.1. The van der Waals surface area contributed by atoms with Crippen molar-refractivity contribution in [3.05, 3.63) is 30.3 Å². The normalized spacial score (nSPS) is 19.2. The standard InChI is InChI=1S/C13H13NO4/c1-2-18-13(17)10-8-14(12(16)11(10)15)9-6-4-3-5-7-9/h3-7,10H,2,8H2,1H3/t10-/m1/s1. The van der Waals surface area contributed by atoms with E-state index in [1.54, 1.807) is 31.2 Å². The maximum atomic E-state index is 11.8. The van der Waals surface area contributed by atoms with Crippen molar-refractivity contribution in [3.8, 4) is 0 Å². The van der Waals surface area contributed by atoms with E-state index < -0.39 is 23.6 Å². The molecule has 1 aliphatic heterocycles. The Balaban J connectivity index is 2.20. The predicted molar refractivity (Wildman–Crippen MR) is 63.9 cm³/mol. The van der Waals surface area contributed by atoms with Gasteiger partial charge in [-0.3, -0.25) is 14.4 Å². The highest BCUT2D eigenvalue weighted by Crippen LogP contribution is 2.23. The van der Waals surface area contributed by atoms with Gasteiger partial charge >= 0.3 is 5.97 Å². The monoisotopic (exact) mass is 247 g/mol. The number of hydrogen-bond donors (Lipinski definition) is 0. The number of amides is 1. The van der Waals surface area contributed by atoms with Crippen molar-refractivity contribution in [2.24, 2.45) is 5.92 Å². The number of carbonyl (C=O) groups is 3. The van der Waals surface area contributed by atoms with Crippen molar-refractivity contribution in [1.29, 1.82) is 0 Å². The largest absolute Gasteiger partial charge is 0.465 e. The molecule has 0 unspecified atom stereocenters. The first-order chi connectivity index (χ1) is 8.65. The quantitative estimate of drug-likeness (QED) is 0.450. The van der Waals surface area contributed by atoms with Crippen LogP contribution in [0.5, 0.6) is 0 Å². The molecule has 94 valence electrons. The summed E-state index contributed by atoms with van der Waals surface area (Å²) in [4.78, 5) is 36.4. The number of ether oxygens (including phenoxy) is 1. The Labute approximate surface area is 104 Å². The molecule has 5 heteroatoms. The Morgan fingerprint density at radius 1 is 1.33 bits per heavy atom. The fraction of sp³-hybridized carbons (Fsp3) is 0.308. The minimum Gasteiger partial charge on any atom is -0.465 e. The molecule has 1 amide bonds. The summed E-state index contributed by atoms with van der Waals surface area (Å²) in [6, 6.07) is 8.79. The lowest BCUT2D eigenvalue weighted by molar-refractivity contribution is -0.151. The van der Waals surface area contributed by atoms with Crippen LogP contribution in [-0.2, 0) is 19.1 Å². The fourth-order valence-corrected chi connectivity index (χ4v) is 1.89. The van der Waals surface area contributed by atoms with E-state index in [1.807, 2.05) is 6.07 Å². The average Bonchev–Trinajstić information content (AvgIpc) is 2.68. The van der Waals surface area contributed by atoms with Gasteiger partial charge in [0, 0.05) is 12.2 Å². The first kappa shape index (κ1) is 12.3. The highest BCUT2D eigenvalue weighted by atomic mass is 16.5. The minimum atomic E-state index is -1.00. The molecule has 0 bridgehead atoms. The van der Waals surface area contributed by atoms with Gasteiger partial charge in [0.1, 0.15) is 5.92 Å². The number of esters is 1. The summed E-state index contributed by atoms with van der Waals surface area (Å²) in [5, 5.41) is 0. The number of Topliss-reactive ketones (excluding diaryl/α,β-unsaturated/α-hetero) is 1. The van der Waals surface area contributed by atoms with Gasteiger partial charge in [0.25, 0.3) is 5.91 Å². The predicted octanol–water partition coefficient (Wildman–Crippen LogP) is 0.782. The second kappa shape index (κ2) is 5.00. The van der Waals surface area contributed by atoms with Crippen LogP contribution >= 0.6 is 0 Å². The van der Waals surface area contributed by atoms with Crippen LogP contribution < -0.4 is 4.90 Å². The van der Waals surface area contributed by atoms with E-state index in [1.165, 1.54) is 4.90 Å². The molecule has 2 rings (SSSR count). The molecule has 0 N–H and O–H groups in total. The number of rotatable bonds is 3. The van der Waals surface area contributed by atoms with Gasteiger partial charge in [0.2, 0.25) is 5.78 Å². The zero-order valence-electron chi connectivity index (χ0n) is 9.96. The summed E-state index contributed by atoms with van der Waals surface area (Å²) < 4.78 is 4.79. The molecule has 1 fully saturated rings. The molecule has 1 aromatic carbocycles. The van der Waals surface area contributed by atoms with Crippen molar-refractivity contribution in [1.82, 2.24) is 0 Å². The SMILES string of the molecule is CCOC(=O)[C@@H]1CN(c2ccccc2)C(=O)C1=O. The molecule has 0 aliphatic carbocycles. The summed E-state index contributed by atoms with van der Waals surface area (Å²) in [6.07, 6.45) is 0. The molecule has 1 aromatic rings. The number of anilines is 1. The molecule has 18 heavy (non-hydrogen) atoms. The lowest BCUT2D eigenvalue weighted by Gasteiger charge is -2.14. The molecule has 0 aromatic heterocycles. The van der Waals surface area contributed by atoms with Crippen LogP contribution in [0.3, 0.4) is 0 Å². The van der Waals surface area contributed by atoms with E-state index in [0.717, 1.165) is 0 Å². The molecular weight excluding hydrogens is 234 g/mol. The molecule has 1 heterocycles. The Morgan fingerprint density at radius 2 is 2.00 bits per heavy atom. The van der Waals surface area contributed by atoms with E-state index in [0.29, 0.717) is 5.69 Å². The van der Waals surface area contributed by atoms with Gasteiger partial charge < -0.3 is 9.64 Å². The summed E-state index contributed by atoms with van der Waals surface area (Å²) in [5.74, 6) is -2.98. The maximum absolute atomic E-state index is 11.8. The number of carbonyl (C=O) groups excluding carboxylic acids is 3. The van der Waals surface area contributed by atoms with E-state index in [2.05, 4.69) is 0 Å². The first-order valence-corrected chi connectivity index (χ1v) is 5.72. The van der Waals surface area contributed by atoms with Gasteiger partial charge in [0.05, 0.1) is 6.61 Å². The molecule has 1 aliphatic rings. The van der Waals surface area contributed by atoms with E-state index >= 15 is 0 Å². The number of para-hydroxylation sites is 1. The van der Waals surface area contributed by atoms with Crippen LogP contribution in [0.1, 0.15) is 6.92 Å². The summed E-state index contributed by atoms with van der Waals surface area (Å²) >= 11 is 0. The van der Waals surface area contributed by atoms with E-state index in [-0.39, 0.29) is 13.2 Å². The molecular formula is C13H13NO4. The van der Waals surface area contributed by atoms with Crippen LogP contribution in [0.4, 0.5) is 5.69 Å². The lowest BCUT2D eigenvalue weighted by Crippen LogP contribution is -2.26. The molecule has 5 nitrogen and oxygen atoms in total. The summed E-state index contributed by atoms with van der Waals surface area (Å²) in [7, 11) is 0.